The summed E-state index contributed by atoms with van der Waals surface area (Å²) in [6, 6.07) is 14.3. The average molecular weight is 375 g/mol. The Morgan fingerprint density at radius 1 is 1.00 bits per heavy atom. The van der Waals surface area contributed by atoms with Crippen LogP contribution in [0.5, 0.6) is 0 Å². The van der Waals surface area contributed by atoms with Crippen molar-refractivity contribution in [2.24, 2.45) is 0 Å². The number of hydrogen-bond donors (Lipinski definition) is 3. The molecule has 0 atom stereocenters. The largest absolute Gasteiger partial charge is 0.394 e. The minimum absolute atomic E-state index is 0.130. The van der Waals surface area contributed by atoms with Gasteiger partial charge in [0.2, 0.25) is 11.8 Å². The summed E-state index contributed by atoms with van der Waals surface area (Å²) in [4.78, 5) is 24.1. The molecule has 0 aliphatic carbocycles. The minimum atomic E-state index is -0.649. The highest BCUT2D eigenvalue weighted by Gasteiger charge is 2.19. The second kappa shape index (κ2) is 8.83. The van der Waals surface area contributed by atoms with Crippen molar-refractivity contribution in [3.05, 3.63) is 64.7 Å². The molecular weight excluding hydrogens is 352 g/mol. The molecule has 2 aromatic rings. The molecule has 0 bridgehead atoms. The number of benzene rings is 2. The van der Waals surface area contributed by atoms with Gasteiger partial charge in [0.25, 0.3) is 0 Å². The molecule has 0 aromatic heterocycles. The van der Waals surface area contributed by atoms with Crippen molar-refractivity contribution in [2.75, 3.05) is 11.9 Å². The predicted octanol–water partition coefficient (Wildman–Crippen LogP) is 2.95. The van der Waals surface area contributed by atoms with E-state index < -0.39 is 5.54 Å². The zero-order valence-electron chi connectivity index (χ0n) is 14.9. The lowest BCUT2D eigenvalue weighted by Gasteiger charge is -2.23. The molecule has 0 aliphatic rings. The molecule has 6 heteroatoms. The highest BCUT2D eigenvalue weighted by Crippen LogP contribution is 2.17. The molecular formula is C20H23ClN2O3. The highest BCUT2D eigenvalue weighted by atomic mass is 35.5. The number of carbonyl (C=O) groups is 2. The number of aliphatic hydroxyl groups excluding tert-OH is 1. The van der Waals surface area contributed by atoms with Crippen LogP contribution in [0.4, 0.5) is 5.69 Å². The summed E-state index contributed by atoms with van der Waals surface area (Å²) in [5, 5.41) is 15.3. The zero-order valence-corrected chi connectivity index (χ0v) is 15.6. The minimum Gasteiger partial charge on any atom is -0.394 e. The summed E-state index contributed by atoms with van der Waals surface area (Å²) in [6.45, 7) is 3.38. The summed E-state index contributed by atoms with van der Waals surface area (Å²) in [5.41, 5.74) is 1.60. The van der Waals surface area contributed by atoms with Gasteiger partial charge in [-0.15, -0.1) is 0 Å². The third-order valence-corrected chi connectivity index (χ3v) is 4.15. The van der Waals surface area contributed by atoms with Crippen molar-refractivity contribution in [3.8, 4) is 0 Å². The molecule has 0 aliphatic heterocycles. The lowest BCUT2D eigenvalue weighted by atomic mass is 10.1. The third kappa shape index (κ3) is 6.17. The quantitative estimate of drug-likeness (QED) is 0.697. The van der Waals surface area contributed by atoms with Crippen LogP contribution in [0.15, 0.2) is 48.5 Å². The molecule has 3 N–H and O–H groups in total. The molecule has 138 valence electrons. The first-order valence-electron chi connectivity index (χ1n) is 8.33. The van der Waals surface area contributed by atoms with Gasteiger partial charge in [-0.1, -0.05) is 41.9 Å². The molecule has 0 heterocycles. The van der Waals surface area contributed by atoms with Crippen molar-refractivity contribution in [1.29, 1.82) is 0 Å². The molecule has 2 amide bonds. The molecule has 0 saturated heterocycles. The SMILES string of the molecule is CC(C)(CO)NC(=O)Cc1ccc(NC(=O)Cc2ccccc2Cl)cc1. The van der Waals surface area contributed by atoms with E-state index in [2.05, 4.69) is 10.6 Å². The van der Waals surface area contributed by atoms with Gasteiger partial charge in [-0.2, -0.15) is 0 Å². The maximum absolute atomic E-state index is 12.1. The second-order valence-corrected chi connectivity index (χ2v) is 7.19. The first-order chi connectivity index (χ1) is 12.3. The first kappa shape index (κ1) is 19.9. The van der Waals surface area contributed by atoms with Crippen molar-refractivity contribution in [2.45, 2.75) is 32.2 Å². The molecule has 26 heavy (non-hydrogen) atoms. The van der Waals surface area contributed by atoms with Gasteiger partial charge in [-0.05, 0) is 43.2 Å². The Balaban J connectivity index is 1.90. The molecule has 0 fully saturated rings. The average Bonchev–Trinajstić information content (AvgIpc) is 2.58. The Morgan fingerprint density at radius 2 is 1.65 bits per heavy atom. The van der Waals surface area contributed by atoms with E-state index in [9.17, 15) is 14.7 Å². The summed E-state index contributed by atoms with van der Waals surface area (Å²) in [6.07, 6.45) is 0.400. The maximum Gasteiger partial charge on any atom is 0.228 e. The fourth-order valence-corrected chi connectivity index (χ4v) is 2.57. The lowest BCUT2D eigenvalue weighted by Crippen LogP contribution is -2.46. The Kier molecular flexibility index (Phi) is 6.77. The molecule has 0 radical (unpaired) electrons. The number of aliphatic hydroxyl groups is 1. The van der Waals surface area contributed by atoms with Crippen LogP contribution in [0.3, 0.4) is 0 Å². The third-order valence-electron chi connectivity index (χ3n) is 3.78. The molecule has 2 aromatic carbocycles. The zero-order chi connectivity index (χ0) is 19.2. The van der Waals surface area contributed by atoms with E-state index in [1.165, 1.54) is 0 Å². The van der Waals surface area contributed by atoms with Crippen molar-refractivity contribution in [3.63, 3.8) is 0 Å². The van der Waals surface area contributed by atoms with E-state index in [1.54, 1.807) is 44.2 Å². The molecule has 0 spiro atoms. The first-order valence-corrected chi connectivity index (χ1v) is 8.71. The van der Waals surface area contributed by atoms with E-state index in [0.717, 1.165) is 11.1 Å². The molecule has 0 saturated carbocycles. The van der Waals surface area contributed by atoms with Crippen LogP contribution in [0.1, 0.15) is 25.0 Å². The lowest BCUT2D eigenvalue weighted by molar-refractivity contribution is -0.122. The predicted molar refractivity (Wildman–Crippen MR) is 103 cm³/mol. The number of nitrogens with one attached hydrogen (secondary N) is 2. The fraction of sp³-hybridized carbons (Fsp3) is 0.300. The smallest absolute Gasteiger partial charge is 0.228 e. The van der Waals surface area contributed by atoms with Crippen LogP contribution in [0.25, 0.3) is 0 Å². The number of anilines is 1. The van der Waals surface area contributed by atoms with Crippen LogP contribution in [0.2, 0.25) is 5.02 Å². The van der Waals surface area contributed by atoms with E-state index in [1.807, 2.05) is 18.2 Å². The van der Waals surface area contributed by atoms with Gasteiger partial charge in [0, 0.05) is 10.7 Å². The van der Waals surface area contributed by atoms with Crippen molar-refractivity contribution >= 4 is 29.1 Å². The maximum atomic E-state index is 12.1. The van der Waals surface area contributed by atoms with Gasteiger partial charge in [0.1, 0.15) is 0 Å². The van der Waals surface area contributed by atoms with Crippen LogP contribution >= 0.6 is 11.6 Å². The summed E-state index contributed by atoms with van der Waals surface area (Å²) in [7, 11) is 0. The number of rotatable bonds is 7. The van der Waals surface area contributed by atoms with Gasteiger partial charge in [0.15, 0.2) is 0 Å². The Morgan fingerprint density at radius 3 is 2.27 bits per heavy atom. The number of halogens is 1. The Bertz CT molecular complexity index is 773. The Hall–Kier alpha value is -2.37. The summed E-state index contributed by atoms with van der Waals surface area (Å²) >= 11 is 6.06. The molecule has 5 nitrogen and oxygen atoms in total. The molecule has 2 rings (SSSR count). The van der Waals surface area contributed by atoms with E-state index in [-0.39, 0.29) is 31.3 Å². The summed E-state index contributed by atoms with van der Waals surface area (Å²) < 4.78 is 0. The van der Waals surface area contributed by atoms with Crippen LogP contribution < -0.4 is 10.6 Å². The van der Waals surface area contributed by atoms with Crippen molar-refractivity contribution in [1.82, 2.24) is 5.32 Å². The fourth-order valence-electron chi connectivity index (χ4n) is 2.37. The number of carbonyl (C=O) groups excluding carboxylic acids is 2. The van der Waals surface area contributed by atoms with Gasteiger partial charge in [-0.25, -0.2) is 0 Å². The van der Waals surface area contributed by atoms with Crippen LogP contribution in [-0.2, 0) is 22.4 Å². The monoisotopic (exact) mass is 374 g/mol. The number of amides is 2. The van der Waals surface area contributed by atoms with Crippen molar-refractivity contribution < 1.29 is 14.7 Å². The molecule has 0 unspecified atom stereocenters. The normalized spacial score (nSPS) is 11.1. The van der Waals surface area contributed by atoms with Gasteiger partial charge in [-0.3, -0.25) is 9.59 Å². The standard InChI is InChI=1S/C20H23ClN2O3/c1-20(2,13-24)23-19(26)11-14-7-9-16(10-8-14)22-18(25)12-15-5-3-4-6-17(15)21/h3-10,24H,11-13H2,1-2H3,(H,22,25)(H,23,26). The van der Waals surface area contributed by atoms with Gasteiger partial charge in [0.05, 0.1) is 25.0 Å². The second-order valence-electron chi connectivity index (χ2n) is 6.78. The van der Waals surface area contributed by atoms with Gasteiger partial charge < -0.3 is 15.7 Å². The van der Waals surface area contributed by atoms with Crippen LogP contribution in [-0.4, -0.2) is 29.1 Å². The Labute approximate surface area is 158 Å². The number of hydrogen-bond acceptors (Lipinski definition) is 3. The van der Waals surface area contributed by atoms with E-state index in [0.29, 0.717) is 10.7 Å². The topological polar surface area (TPSA) is 78.4 Å². The van der Waals surface area contributed by atoms with Crippen LogP contribution in [0, 0.1) is 0 Å². The highest BCUT2D eigenvalue weighted by molar-refractivity contribution is 6.31. The van der Waals surface area contributed by atoms with E-state index >= 15 is 0 Å². The van der Waals surface area contributed by atoms with Gasteiger partial charge >= 0.3 is 0 Å². The summed E-state index contributed by atoms with van der Waals surface area (Å²) in [5.74, 6) is -0.326. The van der Waals surface area contributed by atoms with E-state index in [4.69, 9.17) is 11.6 Å².